The van der Waals surface area contributed by atoms with E-state index < -0.39 is 0 Å². The Morgan fingerprint density at radius 3 is 2.46 bits per heavy atom. The number of nitrogens with one attached hydrogen (secondary N) is 2. The lowest BCUT2D eigenvalue weighted by Crippen LogP contribution is -2.01. The minimum Gasteiger partial charge on any atom is -0.358 e. The van der Waals surface area contributed by atoms with E-state index in [1.54, 1.807) is 0 Å². The summed E-state index contributed by atoms with van der Waals surface area (Å²) in [6, 6.07) is 19.0. The van der Waals surface area contributed by atoms with Gasteiger partial charge < -0.3 is 4.98 Å². The fraction of sp³-hybridized carbons (Fsp3) is 0.190. The second kappa shape index (κ2) is 6.26. The van der Waals surface area contributed by atoms with Crippen LogP contribution in [0, 0.1) is 0 Å². The highest BCUT2D eigenvalue weighted by Crippen LogP contribution is 2.40. The molecule has 0 amide bonds. The third-order valence-electron chi connectivity index (χ3n) is 5.13. The quantitative estimate of drug-likeness (QED) is 0.580. The van der Waals surface area contributed by atoms with E-state index >= 15 is 0 Å². The van der Waals surface area contributed by atoms with Gasteiger partial charge in [0.05, 0.1) is 5.69 Å². The maximum absolute atomic E-state index is 4.05. The van der Waals surface area contributed by atoms with Crippen molar-refractivity contribution in [2.75, 3.05) is 0 Å². The number of H-pyrrole nitrogens is 2. The van der Waals surface area contributed by atoms with Crippen LogP contribution in [0.5, 0.6) is 0 Å². The molecule has 0 unspecified atom stereocenters. The summed E-state index contributed by atoms with van der Waals surface area (Å²) >= 11 is 0. The highest BCUT2D eigenvalue weighted by atomic mass is 15.5. The standard InChI is InChI=1S/C21H19N5/c1-2-7-14(8-3-1)20-19(17-11-4-5-12-18(17)22-20)15-9-6-10-16(13-15)21-23-25-26-24-21/h1-3,6-10,13,22H,4-5,11-12H2,(H,23,24,25,26). The predicted molar refractivity (Wildman–Crippen MR) is 101 cm³/mol. The first kappa shape index (κ1) is 15.1. The fourth-order valence-corrected chi connectivity index (χ4v) is 3.93. The summed E-state index contributed by atoms with van der Waals surface area (Å²) in [4.78, 5) is 3.72. The molecule has 5 nitrogen and oxygen atoms in total. The zero-order valence-electron chi connectivity index (χ0n) is 14.4. The SMILES string of the molecule is c1ccc(-c2[nH]c3c(c2-c2cccc(-c4nnn[nH]4)c2)CCCC3)cc1. The number of hydrogen-bond acceptors (Lipinski definition) is 3. The molecule has 1 aliphatic carbocycles. The molecule has 26 heavy (non-hydrogen) atoms. The zero-order chi connectivity index (χ0) is 17.3. The number of nitrogens with zero attached hydrogens (tertiary/aromatic N) is 3. The van der Waals surface area contributed by atoms with Gasteiger partial charge in [-0.3, -0.25) is 0 Å². The van der Waals surface area contributed by atoms with Crippen molar-refractivity contribution in [3.05, 3.63) is 65.9 Å². The smallest absolute Gasteiger partial charge is 0.179 e. The number of fused-ring (bicyclic) bond motifs is 1. The molecular weight excluding hydrogens is 322 g/mol. The summed E-state index contributed by atoms with van der Waals surface area (Å²) in [5.74, 6) is 0.692. The Balaban J connectivity index is 1.71. The summed E-state index contributed by atoms with van der Waals surface area (Å²) in [6.07, 6.45) is 4.76. The largest absolute Gasteiger partial charge is 0.358 e. The summed E-state index contributed by atoms with van der Waals surface area (Å²) in [7, 11) is 0. The van der Waals surface area contributed by atoms with Crippen LogP contribution in [0.25, 0.3) is 33.8 Å². The van der Waals surface area contributed by atoms with E-state index in [1.165, 1.54) is 46.5 Å². The van der Waals surface area contributed by atoms with Gasteiger partial charge in [0.1, 0.15) is 0 Å². The van der Waals surface area contributed by atoms with Gasteiger partial charge in [-0.05, 0) is 58.9 Å². The van der Waals surface area contributed by atoms with Crippen LogP contribution in [-0.4, -0.2) is 25.6 Å². The van der Waals surface area contributed by atoms with Crippen molar-refractivity contribution in [2.45, 2.75) is 25.7 Å². The number of aromatic amines is 2. The van der Waals surface area contributed by atoms with Gasteiger partial charge in [-0.25, -0.2) is 5.10 Å². The van der Waals surface area contributed by atoms with Crippen molar-refractivity contribution in [3.8, 4) is 33.8 Å². The molecule has 0 spiro atoms. The monoisotopic (exact) mass is 341 g/mol. The molecule has 2 aromatic carbocycles. The van der Waals surface area contributed by atoms with Gasteiger partial charge in [-0.15, -0.1) is 5.10 Å². The van der Waals surface area contributed by atoms with Crippen molar-refractivity contribution in [1.82, 2.24) is 25.6 Å². The number of rotatable bonds is 3. The molecular formula is C21H19N5. The van der Waals surface area contributed by atoms with Crippen molar-refractivity contribution in [3.63, 3.8) is 0 Å². The predicted octanol–water partition coefficient (Wildman–Crippen LogP) is 4.41. The van der Waals surface area contributed by atoms with Crippen molar-refractivity contribution >= 4 is 0 Å². The summed E-state index contributed by atoms with van der Waals surface area (Å²) in [5.41, 5.74) is 8.81. The molecule has 0 saturated carbocycles. The molecule has 5 rings (SSSR count). The van der Waals surface area contributed by atoms with Crippen LogP contribution in [0.2, 0.25) is 0 Å². The molecule has 0 fully saturated rings. The summed E-state index contributed by atoms with van der Waals surface area (Å²) in [5, 5.41) is 14.3. The topological polar surface area (TPSA) is 70.2 Å². The molecule has 5 heteroatoms. The molecule has 0 radical (unpaired) electrons. The highest BCUT2D eigenvalue weighted by molar-refractivity contribution is 5.86. The molecule has 0 aliphatic heterocycles. The average Bonchev–Trinajstić information content (AvgIpc) is 3.37. The number of aryl methyl sites for hydroxylation is 1. The molecule has 0 saturated heterocycles. The van der Waals surface area contributed by atoms with Crippen molar-refractivity contribution in [1.29, 1.82) is 0 Å². The number of tetrazole rings is 1. The van der Waals surface area contributed by atoms with E-state index in [9.17, 15) is 0 Å². The van der Waals surface area contributed by atoms with Crippen LogP contribution in [0.4, 0.5) is 0 Å². The Morgan fingerprint density at radius 1 is 0.808 bits per heavy atom. The first-order valence-electron chi connectivity index (χ1n) is 9.04. The Labute approximate surface area is 151 Å². The lowest BCUT2D eigenvalue weighted by Gasteiger charge is -2.13. The van der Waals surface area contributed by atoms with Crippen LogP contribution in [-0.2, 0) is 12.8 Å². The molecule has 2 heterocycles. The first-order chi connectivity index (χ1) is 12.9. The highest BCUT2D eigenvalue weighted by Gasteiger charge is 2.22. The maximum Gasteiger partial charge on any atom is 0.179 e. The van der Waals surface area contributed by atoms with Gasteiger partial charge in [0.2, 0.25) is 0 Å². The van der Waals surface area contributed by atoms with Gasteiger partial charge in [0, 0.05) is 16.8 Å². The van der Waals surface area contributed by atoms with E-state index in [0.717, 1.165) is 18.4 Å². The average molecular weight is 341 g/mol. The summed E-state index contributed by atoms with van der Waals surface area (Å²) < 4.78 is 0. The molecule has 2 N–H and O–H groups in total. The molecule has 1 aliphatic rings. The van der Waals surface area contributed by atoms with Crippen LogP contribution in [0.15, 0.2) is 54.6 Å². The van der Waals surface area contributed by atoms with Gasteiger partial charge in [0.15, 0.2) is 5.82 Å². The van der Waals surface area contributed by atoms with Crippen LogP contribution in [0.1, 0.15) is 24.1 Å². The molecule has 0 atom stereocenters. The van der Waals surface area contributed by atoms with Crippen LogP contribution < -0.4 is 0 Å². The summed E-state index contributed by atoms with van der Waals surface area (Å²) in [6.45, 7) is 0. The fourth-order valence-electron chi connectivity index (χ4n) is 3.93. The van der Waals surface area contributed by atoms with Gasteiger partial charge in [0.25, 0.3) is 0 Å². The molecule has 0 bridgehead atoms. The van der Waals surface area contributed by atoms with Crippen molar-refractivity contribution in [2.24, 2.45) is 0 Å². The number of benzene rings is 2. The minimum atomic E-state index is 0.692. The zero-order valence-corrected chi connectivity index (χ0v) is 14.4. The van der Waals surface area contributed by atoms with E-state index in [4.69, 9.17) is 0 Å². The van der Waals surface area contributed by atoms with Crippen LogP contribution in [0.3, 0.4) is 0 Å². The second-order valence-corrected chi connectivity index (χ2v) is 6.74. The Bertz CT molecular complexity index is 1030. The number of aromatic nitrogens is 5. The Hall–Kier alpha value is -3.21. The lowest BCUT2D eigenvalue weighted by molar-refractivity contribution is 0.678. The minimum absolute atomic E-state index is 0.692. The van der Waals surface area contributed by atoms with Crippen molar-refractivity contribution < 1.29 is 0 Å². The maximum atomic E-state index is 4.05. The van der Waals surface area contributed by atoms with Crippen LogP contribution >= 0.6 is 0 Å². The van der Waals surface area contributed by atoms with E-state index in [2.05, 4.69) is 74.1 Å². The third kappa shape index (κ3) is 2.52. The Morgan fingerprint density at radius 2 is 1.62 bits per heavy atom. The molecule has 2 aromatic heterocycles. The van der Waals surface area contributed by atoms with E-state index in [-0.39, 0.29) is 0 Å². The number of hydrogen-bond donors (Lipinski definition) is 2. The Kier molecular flexibility index (Phi) is 3.63. The van der Waals surface area contributed by atoms with Gasteiger partial charge in [-0.1, -0.05) is 48.5 Å². The van der Waals surface area contributed by atoms with Gasteiger partial charge in [-0.2, -0.15) is 0 Å². The molecule has 4 aromatic rings. The lowest BCUT2D eigenvalue weighted by atomic mass is 9.89. The normalized spacial score (nSPS) is 13.5. The third-order valence-corrected chi connectivity index (χ3v) is 5.13. The molecule has 128 valence electrons. The first-order valence-corrected chi connectivity index (χ1v) is 9.04. The van der Waals surface area contributed by atoms with E-state index in [0.29, 0.717) is 5.82 Å². The van der Waals surface area contributed by atoms with E-state index in [1.807, 2.05) is 6.07 Å². The van der Waals surface area contributed by atoms with Gasteiger partial charge >= 0.3 is 0 Å². The second-order valence-electron chi connectivity index (χ2n) is 6.74.